The molecule has 1 aromatic heterocycles. The molecule has 3 N–H and O–H groups in total. The maximum absolute atomic E-state index is 12.5. The van der Waals surface area contributed by atoms with Crippen LogP contribution in [0.5, 0.6) is 5.75 Å². The minimum atomic E-state index is -0.438. The normalized spacial score (nSPS) is 13.6. The molecule has 1 atom stereocenters. The van der Waals surface area contributed by atoms with Crippen molar-refractivity contribution in [3.8, 4) is 5.75 Å². The summed E-state index contributed by atoms with van der Waals surface area (Å²) in [5, 5.41) is 6.02. The second-order valence-corrected chi connectivity index (χ2v) is 7.47. The van der Waals surface area contributed by atoms with E-state index < -0.39 is 5.54 Å². The van der Waals surface area contributed by atoms with E-state index >= 15 is 0 Å². The number of rotatable bonds is 7. The number of benzene rings is 1. The monoisotopic (exact) mass is 347 g/mol. The van der Waals surface area contributed by atoms with E-state index in [-0.39, 0.29) is 11.8 Å². The zero-order valence-electron chi connectivity index (χ0n) is 14.6. The highest BCUT2D eigenvalue weighted by Gasteiger charge is 2.28. The average Bonchev–Trinajstić information content (AvgIpc) is 2.98. The Hall–Kier alpha value is -1.92. The minimum Gasteiger partial charge on any atom is -0.487 e. The fourth-order valence-corrected chi connectivity index (χ4v) is 2.72. The van der Waals surface area contributed by atoms with Gasteiger partial charge in [-0.05, 0) is 38.0 Å². The Kier molecular flexibility index (Phi) is 5.96. The molecule has 1 aromatic carbocycles. The van der Waals surface area contributed by atoms with Crippen molar-refractivity contribution in [2.45, 2.75) is 39.8 Å². The standard InChI is InChI=1S/C18H25N3O2S/c1-12(2)18(4,11-19)21-17(22)14-6-5-7-16(8-14)23-9-15-10-24-13(3)20-15/h5-8,10,12H,9,11,19H2,1-4H3,(H,21,22). The van der Waals surface area contributed by atoms with E-state index in [1.807, 2.05) is 45.2 Å². The topological polar surface area (TPSA) is 77.2 Å². The Bertz CT molecular complexity index is 699. The third-order valence-electron chi connectivity index (χ3n) is 4.25. The maximum Gasteiger partial charge on any atom is 0.251 e. The fraction of sp³-hybridized carbons (Fsp3) is 0.444. The summed E-state index contributed by atoms with van der Waals surface area (Å²) in [5.74, 6) is 0.734. The summed E-state index contributed by atoms with van der Waals surface area (Å²) < 4.78 is 5.74. The maximum atomic E-state index is 12.5. The summed E-state index contributed by atoms with van der Waals surface area (Å²) in [6.07, 6.45) is 0. The summed E-state index contributed by atoms with van der Waals surface area (Å²) in [6.45, 7) is 8.78. The highest BCUT2D eigenvalue weighted by atomic mass is 32.1. The van der Waals surface area contributed by atoms with Crippen LogP contribution in [0.2, 0.25) is 0 Å². The van der Waals surface area contributed by atoms with Gasteiger partial charge in [-0.15, -0.1) is 11.3 Å². The van der Waals surface area contributed by atoms with Crippen molar-refractivity contribution in [1.82, 2.24) is 10.3 Å². The number of amides is 1. The van der Waals surface area contributed by atoms with Crippen LogP contribution in [-0.2, 0) is 6.61 Å². The third kappa shape index (κ3) is 4.55. The summed E-state index contributed by atoms with van der Waals surface area (Å²) in [5.41, 5.74) is 6.84. The molecule has 0 aliphatic carbocycles. The van der Waals surface area contributed by atoms with Crippen molar-refractivity contribution < 1.29 is 9.53 Å². The van der Waals surface area contributed by atoms with E-state index in [1.54, 1.807) is 23.5 Å². The second kappa shape index (κ2) is 7.77. The van der Waals surface area contributed by atoms with Crippen molar-refractivity contribution in [3.05, 3.63) is 45.9 Å². The molecule has 0 saturated carbocycles. The van der Waals surface area contributed by atoms with Gasteiger partial charge in [0.1, 0.15) is 12.4 Å². The lowest BCUT2D eigenvalue weighted by atomic mass is 9.88. The number of nitrogens with zero attached hydrogens (tertiary/aromatic N) is 1. The molecule has 0 radical (unpaired) electrons. The summed E-state index contributed by atoms with van der Waals surface area (Å²) in [6, 6.07) is 7.16. The van der Waals surface area contributed by atoms with Gasteiger partial charge in [-0.1, -0.05) is 19.9 Å². The Labute approximate surface area is 147 Å². The smallest absolute Gasteiger partial charge is 0.251 e. The van der Waals surface area contributed by atoms with Crippen LogP contribution in [0.3, 0.4) is 0 Å². The van der Waals surface area contributed by atoms with Crippen molar-refractivity contribution in [2.75, 3.05) is 6.54 Å². The van der Waals surface area contributed by atoms with Crippen LogP contribution < -0.4 is 15.8 Å². The molecule has 1 heterocycles. The Morgan fingerprint density at radius 2 is 2.21 bits per heavy atom. The van der Waals surface area contributed by atoms with E-state index in [4.69, 9.17) is 10.5 Å². The third-order valence-corrected chi connectivity index (χ3v) is 5.07. The van der Waals surface area contributed by atoms with E-state index in [9.17, 15) is 4.79 Å². The predicted octanol–water partition coefficient (Wildman–Crippen LogP) is 3.13. The van der Waals surface area contributed by atoms with Gasteiger partial charge in [0.2, 0.25) is 0 Å². The fourth-order valence-electron chi connectivity index (χ4n) is 2.12. The number of nitrogens with one attached hydrogen (secondary N) is 1. The molecule has 0 spiro atoms. The molecular weight excluding hydrogens is 322 g/mol. The van der Waals surface area contributed by atoms with E-state index in [0.29, 0.717) is 24.5 Å². The lowest BCUT2D eigenvalue weighted by Gasteiger charge is -2.33. The Morgan fingerprint density at radius 3 is 2.79 bits per heavy atom. The van der Waals surface area contributed by atoms with Crippen LogP contribution in [0.4, 0.5) is 0 Å². The van der Waals surface area contributed by atoms with Crippen LogP contribution in [0.15, 0.2) is 29.6 Å². The van der Waals surface area contributed by atoms with Gasteiger partial charge in [0.25, 0.3) is 5.91 Å². The quantitative estimate of drug-likeness (QED) is 0.807. The SMILES string of the molecule is Cc1nc(COc2cccc(C(=O)NC(C)(CN)C(C)C)c2)cs1. The van der Waals surface area contributed by atoms with E-state index in [1.165, 1.54) is 0 Å². The number of nitrogens with two attached hydrogens (primary N) is 1. The first-order chi connectivity index (χ1) is 11.3. The van der Waals surface area contributed by atoms with Crippen molar-refractivity contribution in [2.24, 2.45) is 11.7 Å². The number of aryl methyl sites for hydroxylation is 1. The van der Waals surface area contributed by atoms with Crippen LogP contribution >= 0.6 is 11.3 Å². The average molecular weight is 347 g/mol. The molecule has 24 heavy (non-hydrogen) atoms. The number of hydrogen-bond donors (Lipinski definition) is 2. The summed E-state index contributed by atoms with van der Waals surface area (Å²) in [4.78, 5) is 16.9. The number of hydrogen-bond acceptors (Lipinski definition) is 5. The predicted molar refractivity (Wildman–Crippen MR) is 97.4 cm³/mol. The highest BCUT2D eigenvalue weighted by Crippen LogP contribution is 2.19. The minimum absolute atomic E-state index is 0.147. The van der Waals surface area contributed by atoms with Gasteiger partial charge in [-0.25, -0.2) is 4.98 Å². The summed E-state index contributed by atoms with van der Waals surface area (Å²) in [7, 11) is 0. The van der Waals surface area contributed by atoms with Crippen LogP contribution in [0, 0.1) is 12.8 Å². The lowest BCUT2D eigenvalue weighted by Crippen LogP contribution is -2.55. The van der Waals surface area contributed by atoms with Crippen LogP contribution in [0.25, 0.3) is 0 Å². The van der Waals surface area contributed by atoms with Crippen molar-refractivity contribution in [1.29, 1.82) is 0 Å². The number of ether oxygens (including phenoxy) is 1. The molecule has 1 amide bonds. The molecule has 6 heteroatoms. The van der Waals surface area contributed by atoms with Crippen LogP contribution in [-0.4, -0.2) is 23.0 Å². The molecule has 5 nitrogen and oxygen atoms in total. The molecule has 0 bridgehead atoms. The molecule has 1 unspecified atom stereocenters. The number of thiazole rings is 1. The zero-order chi connectivity index (χ0) is 17.7. The van der Waals surface area contributed by atoms with Crippen LogP contribution in [0.1, 0.15) is 41.8 Å². The van der Waals surface area contributed by atoms with Gasteiger partial charge in [0.15, 0.2) is 0 Å². The molecule has 2 aromatic rings. The molecular formula is C18H25N3O2S. The molecule has 2 rings (SSSR count). The zero-order valence-corrected chi connectivity index (χ0v) is 15.4. The molecule has 130 valence electrons. The van der Waals surface area contributed by atoms with E-state index in [2.05, 4.69) is 10.3 Å². The number of carbonyl (C=O) groups excluding carboxylic acids is 1. The second-order valence-electron chi connectivity index (χ2n) is 6.40. The first-order valence-corrected chi connectivity index (χ1v) is 8.88. The van der Waals surface area contributed by atoms with Gasteiger partial charge < -0.3 is 15.8 Å². The largest absolute Gasteiger partial charge is 0.487 e. The van der Waals surface area contributed by atoms with Crippen molar-refractivity contribution in [3.63, 3.8) is 0 Å². The number of aromatic nitrogens is 1. The Morgan fingerprint density at radius 1 is 1.46 bits per heavy atom. The van der Waals surface area contributed by atoms with E-state index in [0.717, 1.165) is 10.7 Å². The first kappa shape index (κ1) is 18.4. The van der Waals surface area contributed by atoms with Gasteiger partial charge >= 0.3 is 0 Å². The highest BCUT2D eigenvalue weighted by molar-refractivity contribution is 7.09. The Balaban J connectivity index is 2.05. The molecule has 0 fully saturated rings. The first-order valence-electron chi connectivity index (χ1n) is 8.00. The van der Waals surface area contributed by atoms with Crippen molar-refractivity contribution >= 4 is 17.2 Å². The molecule has 0 saturated heterocycles. The van der Waals surface area contributed by atoms with Gasteiger partial charge in [-0.2, -0.15) is 0 Å². The van der Waals surface area contributed by atoms with Gasteiger partial charge in [0, 0.05) is 17.5 Å². The number of carbonyl (C=O) groups is 1. The lowest BCUT2D eigenvalue weighted by molar-refractivity contribution is 0.0882. The van der Waals surface area contributed by atoms with Gasteiger partial charge in [-0.3, -0.25) is 4.79 Å². The molecule has 0 aliphatic heterocycles. The van der Waals surface area contributed by atoms with Gasteiger partial charge in [0.05, 0.1) is 16.2 Å². The molecule has 0 aliphatic rings. The summed E-state index contributed by atoms with van der Waals surface area (Å²) >= 11 is 1.59.